The van der Waals surface area contributed by atoms with Crippen LogP contribution in [0.1, 0.15) is 24.5 Å². The third-order valence-corrected chi connectivity index (χ3v) is 4.10. The summed E-state index contributed by atoms with van der Waals surface area (Å²) >= 11 is 9.67. The number of hydrogen-bond acceptors (Lipinski definition) is 3. The number of anilines is 2. The van der Waals surface area contributed by atoms with Crippen molar-refractivity contribution in [2.45, 2.75) is 26.7 Å². The van der Waals surface area contributed by atoms with E-state index in [9.17, 15) is 0 Å². The number of rotatable bonds is 4. The average Bonchev–Trinajstić information content (AvgIpc) is 2.39. The molecule has 3 nitrogen and oxygen atoms in total. The Hall–Kier alpha value is -1.13. The first-order chi connectivity index (χ1) is 9.13. The molecule has 0 unspecified atom stereocenters. The number of hydrogen-bond donors (Lipinski definition) is 1. The molecular weight excluding hydrogens is 326 g/mol. The summed E-state index contributed by atoms with van der Waals surface area (Å²) in [5.74, 6) is 0.781. The molecule has 19 heavy (non-hydrogen) atoms. The summed E-state index contributed by atoms with van der Waals surface area (Å²) in [5.41, 5.74) is 3.12. The van der Waals surface area contributed by atoms with Crippen molar-refractivity contribution >= 4 is 39.0 Å². The monoisotopic (exact) mass is 339 g/mol. The van der Waals surface area contributed by atoms with Crippen LogP contribution < -0.4 is 5.32 Å². The first-order valence-corrected chi connectivity index (χ1v) is 7.32. The van der Waals surface area contributed by atoms with Gasteiger partial charge < -0.3 is 5.32 Å². The average molecular weight is 341 g/mol. The lowest BCUT2D eigenvalue weighted by atomic mass is 10.1. The summed E-state index contributed by atoms with van der Waals surface area (Å²) in [6.07, 6.45) is 3.34. The Morgan fingerprint density at radius 1 is 1.32 bits per heavy atom. The number of benzene rings is 1. The van der Waals surface area contributed by atoms with Gasteiger partial charge in [-0.25, -0.2) is 9.97 Å². The van der Waals surface area contributed by atoms with E-state index in [0.717, 1.165) is 39.9 Å². The van der Waals surface area contributed by atoms with Crippen LogP contribution in [0.2, 0.25) is 5.15 Å². The molecule has 0 fully saturated rings. The molecule has 0 atom stereocenters. The largest absolute Gasteiger partial charge is 0.340 e. The minimum Gasteiger partial charge on any atom is -0.340 e. The lowest BCUT2D eigenvalue weighted by molar-refractivity contribution is 0.904. The summed E-state index contributed by atoms with van der Waals surface area (Å²) in [6.45, 7) is 4.16. The van der Waals surface area contributed by atoms with Crippen molar-refractivity contribution in [2.24, 2.45) is 0 Å². The molecule has 0 amide bonds. The van der Waals surface area contributed by atoms with Gasteiger partial charge in [0.05, 0.1) is 0 Å². The van der Waals surface area contributed by atoms with Crippen molar-refractivity contribution in [1.29, 1.82) is 0 Å². The van der Waals surface area contributed by atoms with Gasteiger partial charge in [-0.1, -0.05) is 46.9 Å². The van der Waals surface area contributed by atoms with E-state index < -0.39 is 0 Å². The molecule has 0 aliphatic heterocycles. The zero-order chi connectivity index (χ0) is 13.8. The van der Waals surface area contributed by atoms with E-state index in [4.69, 9.17) is 11.6 Å². The second-order valence-electron chi connectivity index (χ2n) is 4.28. The van der Waals surface area contributed by atoms with Gasteiger partial charge in [0.2, 0.25) is 0 Å². The highest BCUT2D eigenvalue weighted by Crippen LogP contribution is 2.29. The Balaban J connectivity index is 2.38. The van der Waals surface area contributed by atoms with Gasteiger partial charge in [-0.05, 0) is 31.0 Å². The van der Waals surface area contributed by atoms with Crippen molar-refractivity contribution in [3.8, 4) is 0 Å². The Labute approximate surface area is 126 Å². The van der Waals surface area contributed by atoms with E-state index >= 15 is 0 Å². The van der Waals surface area contributed by atoms with E-state index in [1.54, 1.807) is 0 Å². The molecular formula is C14H15BrClN3. The second-order valence-corrected chi connectivity index (χ2v) is 5.49. The Bertz CT molecular complexity index is 587. The molecule has 0 spiro atoms. The van der Waals surface area contributed by atoms with Crippen molar-refractivity contribution in [3.63, 3.8) is 0 Å². The van der Waals surface area contributed by atoms with Gasteiger partial charge in [0, 0.05) is 15.7 Å². The van der Waals surface area contributed by atoms with Crippen LogP contribution in [0.5, 0.6) is 0 Å². The van der Waals surface area contributed by atoms with E-state index in [-0.39, 0.29) is 0 Å². The van der Waals surface area contributed by atoms with Crippen LogP contribution in [0.15, 0.2) is 29.0 Å². The molecule has 1 aromatic heterocycles. The lowest BCUT2D eigenvalue weighted by Gasteiger charge is -2.13. The minimum atomic E-state index is 0.520. The predicted octanol–water partition coefficient (Wildman–Crippen LogP) is 4.90. The Morgan fingerprint density at radius 2 is 2.11 bits per heavy atom. The highest BCUT2D eigenvalue weighted by molar-refractivity contribution is 9.10. The molecule has 0 aliphatic rings. The topological polar surface area (TPSA) is 37.8 Å². The summed E-state index contributed by atoms with van der Waals surface area (Å²) in [6, 6.07) is 6.02. The fourth-order valence-corrected chi connectivity index (χ4v) is 2.43. The van der Waals surface area contributed by atoms with Gasteiger partial charge in [0.25, 0.3) is 0 Å². The van der Waals surface area contributed by atoms with Crippen LogP contribution >= 0.6 is 27.5 Å². The zero-order valence-electron chi connectivity index (χ0n) is 10.9. The van der Waals surface area contributed by atoms with Gasteiger partial charge in [-0.2, -0.15) is 0 Å². The number of nitrogens with one attached hydrogen (secondary N) is 1. The summed E-state index contributed by atoms with van der Waals surface area (Å²) in [4.78, 5) is 8.35. The van der Waals surface area contributed by atoms with Crippen molar-refractivity contribution < 1.29 is 0 Å². The van der Waals surface area contributed by atoms with Gasteiger partial charge in [0.1, 0.15) is 17.3 Å². The summed E-state index contributed by atoms with van der Waals surface area (Å²) < 4.78 is 1.06. The van der Waals surface area contributed by atoms with Gasteiger partial charge in [-0.15, -0.1) is 0 Å². The van der Waals surface area contributed by atoms with E-state index in [1.807, 2.05) is 18.2 Å². The lowest BCUT2D eigenvalue weighted by Crippen LogP contribution is -2.02. The number of halogens is 2. The first kappa shape index (κ1) is 14.3. The summed E-state index contributed by atoms with van der Waals surface area (Å²) in [5, 5.41) is 3.86. The van der Waals surface area contributed by atoms with Crippen LogP contribution in [0.25, 0.3) is 0 Å². The van der Waals surface area contributed by atoms with E-state index in [1.165, 1.54) is 6.33 Å². The molecule has 0 aliphatic carbocycles. The minimum absolute atomic E-state index is 0.520. The van der Waals surface area contributed by atoms with Crippen LogP contribution in [0.3, 0.4) is 0 Å². The van der Waals surface area contributed by atoms with Gasteiger partial charge >= 0.3 is 0 Å². The molecule has 0 radical (unpaired) electrons. The molecule has 1 N–H and O–H groups in total. The SMILES string of the molecule is CCCc1c(Cl)ncnc1Nc1cccc(Br)c1C. The summed E-state index contributed by atoms with van der Waals surface area (Å²) in [7, 11) is 0. The standard InChI is InChI=1S/C14H15BrClN3/c1-3-5-10-13(16)17-8-18-14(10)19-12-7-4-6-11(15)9(12)2/h4,6-8H,3,5H2,1-2H3,(H,17,18,19). The predicted molar refractivity (Wildman–Crippen MR) is 83.2 cm³/mol. The Morgan fingerprint density at radius 3 is 2.84 bits per heavy atom. The zero-order valence-corrected chi connectivity index (χ0v) is 13.2. The maximum Gasteiger partial charge on any atom is 0.138 e. The van der Waals surface area contributed by atoms with Crippen molar-refractivity contribution in [1.82, 2.24) is 9.97 Å². The fraction of sp³-hybridized carbons (Fsp3) is 0.286. The first-order valence-electron chi connectivity index (χ1n) is 6.15. The van der Waals surface area contributed by atoms with E-state index in [2.05, 4.69) is 45.1 Å². The normalized spacial score (nSPS) is 10.5. The maximum atomic E-state index is 6.15. The van der Waals surface area contributed by atoms with Crippen LogP contribution in [0.4, 0.5) is 11.5 Å². The quantitative estimate of drug-likeness (QED) is 0.805. The number of nitrogens with zero attached hydrogens (tertiary/aromatic N) is 2. The fourth-order valence-electron chi connectivity index (χ4n) is 1.84. The molecule has 1 heterocycles. The molecule has 5 heteroatoms. The van der Waals surface area contributed by atoms with Crippen LogP contribution in [-0.4, -0.2) is 9.97 Å². The molecule has 0 saturated carbocycles. The van der Waals surface area contributed by atoms with E-state index in [0.29, 0.717) is 5.15 Å². The molecule has 0 bridgehead atoms. The van der Waals surface area contributed by atoms with Gasteiger partial charge in [0.15, 0.2) is 0 Å². The Kier molecular flexibility index (Phi) is 4.77. The maximum absolute atomic E-state index is 6.15. The third kappa shape index (κ3) is 3.25. The van der Waals surface area contributed by atoms with Crippen molar-refractivity contribution in [2.75, 3.05) is 5.32 Å². The third-order valence-electron chi connectivity index (χ3n) is 2.91. The van der Waals surface area contributed by atoms with Crippen molar-refractivity contribution in [3.05, 3.63) is 45.3 Å². The smallest absolute Gasteiger partial charge is 0.138 e. The van der Waals surface area contributed by atoms with Gasteiger partial charge in [-0.3, -0.25) is 0 Å². The molecule has 2 rings (SSSR count). The molecule has 0 saturated heterocycles. The number of aromatic nitrogens is 2. The highest BCUT2D eigenvalue weighted by atomic mass is 79.9. The molecule has 2 aromatic rings. The van der Waals surface area contributed by atoms with Crippen LogP contribution in [-0.2, 0) is 6.42 Å². The molecule has 100 valence electrons. The highest BCUT2D eigenvalue weighted by Gasteiger charge is 2.10. The van der Waals surface area contributed by atoms with Crippen LogP contribution in [0, 0.1) is 6.92 Å². The second kappa shape index (κ2) is 6.35. The molecule has 1 aromatic carbocycles.